The van der Waals surface area contributed by atoms with Gasteiger partial charge >= 0.3 is 125 Å². The van der Waals surface area contributed by atoms with Crippen molar-refractivity contribution in [2.24, 2.45) is 29.6 Å². The van der Waals surface area contributed by atoms with Crippen LogP contribution < -0.4 is 31.8 Å². The van der Waals surface area contributed by atoms with Crippen molar-refractivity contribution in [1.29, 1.82) is 0 Å². The Kier molecular flexibility index (Phi) is 50.6. The zero-order chi connectivity index (χ0) is 60.5. The normalized spacial score (nSPS) is 15.5. The van der Waals surface area contributed by atoms with Crippen LogP contribution in [-0.2, 0) is 39.0 Å². The zero-order valence-corrected chi connectivity index (χ0v) is 67.0. The summed E-state index contributed by atoms with van der Waals surface area (Å²) in [6, 6.07) is 76.4. The van der Waals surface area contributed by atoms with Crippen molar-refractivity contribution < 1.29 is 53.7 Å². The van der Waals surface area contributed by atoms with Crippen LogP contribution in [-0.4, -0.2) is 14.7 Å². The Bertz CT molecular complexity index is 2300. The zero-order valence-electron chi connectivity index (χ0n) is 49.1. The molecule has 0 amide bonds. The summed E-state index contributed by atoms with van der Waals surface area (Å²) < 4.78 is 0. The maximum absolute atomic E-state index is 10.1. The number of benzene rings is 8. The van der Waals surface area contributed by atoms with E-state index >= 15 is 0 Å². The number of hydrogen-bond donors (Lipinski definition) is 3. The summed E-state index contributed by atoms with van der Waals surface area (Å²) in [5, 5.41) is 6.19. The SMILES string of the molecule is CC1C(C)C(C)C(C)C1C.Cc1ccc(C(C)C)cc1.Cc1ccc(C(C)C)cc1.O[PH+](c1ccccc1)c1ccccc1.O[PH+](c1ccccc1)c1ccccc1.O[PH+](c1ccccc1)c1ccccc1.[Br][Ru][Br].[CH3-].[Cl][Ir+][Cl].[I][Ru][I]. The fourth-order valence-electron chi connectivity index (χ4n) is 8.37. The van der Waals surface area contributed by atoms with Gasteiger partial charge in [-0.3, -0.25) is 0 Å². The van der Waals surface area contributed by atoms with Crippen molar-refractivity contribution in [2.45, 2.75) is 88.0 Å². The average Bonchev–Trinajstić information content (AvgIpc) is 3.66. The third-order valence-electron chi connectivity index (χ3n) is 13.9. The van der Waals surface area contributed by atoms with E-state index in [0.717, 1.165) is 61.4 Å². The van der Waals surface area contributed by atoms with Gasteiger partial charge in [-0.2, -0.15) is 0 Å². The third-order valence-corrected chi connectivity index (χ3v) is 19.2. The summed E-state index contributed by atoms with van der Waals surface area (Å²) in [6.45, 7) is 25.1. The van der Waals surface area contributed by atoms with Gasteiger partial charge in [0.05, 0.1) is 0 Å². The Morgan fingerprint density at radius 1 is 0.378 bits per heavy atom. The monoisotopic (exact) mass is 1910 g/mol. The van der Waals surface area contributed by atoms with E-state index in [1.54, 1.807) is 0 Å². The van der Waals surface area contributed by atoms with Crippen LogP contribution in [0.4, 0.5) is 0 Å². The summed E-state index contributed by atoms with van der Waals surface area (Å²) in [4.78, 5) is 30.3. The molecular formula is C67H87Br2Cl2I2IrO3P3Ru2+3. The van der Waals surface area contributed by atoms with Gasteiger partial charge in [0.2, 0.25) is 0 Å². The van der Waals surface area contributed by atoms with Crippen LogP contribution in [0.2, 0.25) is 0 Å². The Morgan fingerprint density at radius 3 is 0.634 bits per heavy atom. The first-order chi connectivity index (χ1) is 38.8. The third kappa shape index (κ3) is 34.5. The van der Waals surface area contributed by atoms with Gasteiger partial charge in [0.1, 0.15) is 31.8 Å². The van der Waals surface area contributed by atoms with Gasteiger partial charge in [-0.05, 0) is 139 Å². The topological polar surface area (TPSA) is 60.7 Å². The second-order valence-corrected chi connectivity index (χ2v) is 50.2. The van der Waals surface area contributed by atoms with Gasteiger partial charge in [-0.1, -0.05) is 231 Å². The molecular weight excluding hydrogens is 1820 g/mol. The van der Waals surface area contributed by atoms with Crippen LogP contribution in [0.3, 0.4) is 0 Å². The van der Waals surface area contributed by atoms with E-state index in [9.17, 15) is 14.7 Å². The van der Waals surface area contributed by atoms with Crippen molar-refractivity contribution in [3.63, 3.8) is 0 Å². The second kappa shape index (κ2) is 50.7. The van der Waals surface area contributed by atoms with Crippen LogP contribution in [0.5, 0.6) is 0 Å². The predicted octanol–water partition coefficient (Wildman–Crippen LogP) is 20.0. The fourth-order valence-corrected chi connectivity index (χ4v) is 12.4. The summed E-state index contributed by atoms with van der Waals surface area (Å²) in [5.41, 5.74) is 5.52. The van der Waals surface area contributed by atoms with Gasteiger partial charge in [0.15, 0.2) is 24.4 Å². The molecule has 3 nitrogen and oxygen atoms in total. The van der Waals surface area contributed by atoms with Crippen molar-refractivity contribution in [1.82, 2.24) is 0 Å². The Labute approximate surface area is 566 Å². The minimum atomic E-state index is -1.54. The molecule has 9 rings (SSSR count). The Hall–Kier alpha value is -0.174. The van der Waals surface area contributed by atoms with E-state index in [0.29, 0.717) is 35.1 Å². The van der Waals surface area contributed by atoms with Crippen LogP contribution >= 0.6 is 110 Å². The number of aryl methyl sites for hydroxylation is 2. The van der Waals surface area contributed by atoms with Gasteiger partial charge in [0.25, 0.3) is 0 Å². The molecule has 0 aromatic heterocycles. The maximum atomic E-state index is 10.1. The molecule has 0 aliphatic heterocycles. The molecule has 3 N–H and O–H groups in total. The van der Waals surface area contributed by atoms with E-state index in [1.165, 1.54) is 22.3 Å². The summed E-state index contributed by atoms with van der Waals surface area (Å²) in [6.07, 6.45) is 0. The molecule has 1 saturated carbocycles. The molecule has 452 valence electrons. The Morgan fingerprint density at radius 2 is 0.512 bits per heavy atom. The first-order valence-electron chi connectivity index (χ1n) is 26.5. The Balaban J connectivity index is 0.000000935. The van der Waals surface area contributed by atoms with E-state index in [2.05, 4.69) is 191 Å². The molecule has 0 radical (unpaired) electrons. The number of halogens is 6. The molecule has 0 bridgehead atoms. The molecule has 1 fully saturated rings. The standard InChI is InChI=1S/3C12H11OP.2C10H14.C10H20.CH3.2BrH.2ClH.2HI.Ir.2Ru/c3*13-14(11-7-3-1-4-8-11)12-9-5-2-6-10-12;2*1-8(2)10-6-4-9(3)5-7-10;1-6-7(2)9(4)10(5)8(6)3;;;;;;;;;;/h3*1-10,13H;2*4-8H,1-3H3;6-10H,1-5H3;1H3;6*1H;;;/q;;;;;;-1;;;;;;;+3;2*+2/p-3. The van der Waals surface area contributed by atoms with E-state index in [1.807, 2.05) is 182 Å². The van der Waals surface area contributed by atoms with E-state index < -0.39 is 40.1 Å². The van der Waals surface area contributed by atoms with Crippen molar-refractivity contribution >= 4 is 142 Å². The van der Waals surface area contributed by atoms with Crippen LogP contribution in [0, 0.1) is 50.9 Å². The fraction of sp³-hybridized carbons (Fsp3) is 0.269. The van der Waals surface area contributed by atoms with Crippen LogP contribution in [0.15, 0.2) is 231 Å². The quantitative estimate of drug-likeness (QED) is 0.0615. The van der Waals surface area contributed by atoms with Gasteiger partial charge in [-0.15, -0.1) is 0 Å². The number of hydrogen-bond acceptors (Lipinski definition) is 3. The molecule has 82 heavy (non-hydrogen) atoms. The summed E-state index contributed by atoms with van der Waals surface area (Å²) in [7, 11) is 5.79. The van der Waals surface area contributed by atoms with Gasteiger partial charge in [-0.25, -0.2) is 14.7 Å². The average molecular weight is 1910 g/mol. The minimum absolute atomic E-state index is 0. The van der Waals surface area contributed by atoms with Gasteiger partial charge in [0, 0.05) is 0 Å². The van der Waals surface area contributed by atoms with E-state index in [-0.39, 0.29) is 7.43 Å². The molecule has 1 aliphatic rings. The summed E-state index contributed by atoms with van der Waals surface area (Å²) >= 11 is 10.8. The van der Waals surface area contributed by atoms with Crippen LogP contribution in [0.25, 0.3) is 0 Å². The molecule has 0 spiro atoms. The molecule has 0 heterocycles. The van der Waals surface area contributed by atoms with Crippen LogP contribution in [0.1, 0.15) is 96.4 Å². The first kappa shape index (κ1) is 81.8. The van der Waals surface area contributed by atoms with Crippen molar-refractivity contribution in [3.05, 3.63) is 260 Å². The van der Waals surface area contributed by atoms with Gasteiger partial charge < -0.3 is 7.43 Å². The first-order valence-corrected chi connectivity index (χ1v) is 55.1. The number of rotatable bonds is 8. The molecule has 0 unspecified atom stereocenters. The summed E-state index contributed by atoms with van der Waals surface area (Å²) in [5.74, 6) is 5.98. The second-order valence-electron chi connectivity index (χ2n) is 19.8. The molecule has 1 aliphatic carbocycles. The predicted molar refractivity (Wildman–Crippen MR) is 388 cm³/mol. The molecule has 0 atom stereocenters. The molecule has 8 aromatic carbocycles. The molecule has 0 saturated heterocycles. The molecule has 15 heteroatoms. The molecule has 8 aromatic rings. The van der Waals surface area contributed by atoms with Crippen molar-refractivity contribution in [2.75, 3.05) is 0 Å². The van der Waals surface area contributed by atoms with E-state index in [4.69, 9.17) is 19.2 Å². The van der Waals surface area contributed by atoms with Crippen molar-refractivity contribution in [3.8, 4) is 0 Å².